The highest BCUT2D eigenvalue weighted by atomic mass is 32.1. The van der Waals surface area contributed by atoms with Crippen molar-refractivity contribution in [1.82, 2.24) is 4.57 Å². The highest BCUT2D eigenvalue weighted by Crippen LogP contribution is 2.51. The second-order valence-electron chi connectivity index (χ2n) is 9.62. The van der Waals surface area contributed by atoms with E-state index in [1.54, 1.807) is 6.20 Å². The fraction of sp³-hybridized carbons (Fsp3) is 0.440. The number of aromatic nitrogens is 1. The topological polar surface area (TPSA) is 68.5 Å². The monoisotopic (exact) mass is 455 g/mol. The predicted molar refractivity (Wildman–Crippen MR) is 123 cm³/mol. The van der Waals surface area contributed by atoms with Gasteiger partial charge in [-0.15, -0.1) is 11.3 Å². The number of halogens is 1. The van der Waals surface area contributed by atoms with Crippen molar-refractivity contribution in [2.45, 2.75) is 58.6 Å². The van der Waals surface area contributed by atoms with Crippen LogP contribution in [0.25, 0.3) is 21.3 Å². The van der Waals surface area contributed by atoms with Gasteiger partial charge in [0.05, 0.1) is 35.2 Å². The van der Waals surface area contributed by atoms with Crippen LogP contribution in [0, 0.1) is 11.2 Å². The third kappa shape index (κ3) is 3.13. The lowest BCUT2D eigenvalue weighted by Gasteiger charge is -2.34. The van der Waals surface area contributed by atoms with Gasteiger partial charge >= 0.3 is 0 Å². The van der Waals surface area contributed by atoms with Crippen LogP contribution in [0.1, 0.15) is 73.0 Å². The van der Waals surface area contributed by atoms with Gasteiger partial charge in [-0.05, 0) is 55.7 Å². The van der Waals surface area contributed by atoms with Crippen LogP contribution < -0.4 is 10.2 Å². The molecule has 2 heterocycles. The number of pyridine rings is 1. The molecular weight excluding hydrogens is 429 g/mol. The number of nitrogens with zero attached hydrogens (tertiary/aromatic N) is 1. The van der Waals surface area contributed by atoms with Crippen LogP contribution in [-0.4, -0.2) is 22.6 Å². The molecule has 2 aromatic heterocycles. The lowest BCUT2D eigenvalue weighted by atomic mass is 9.75. The maximum atomic E-state index is 15.6. The lowest BCUT2D eigenvalue weighted by Crippen LogP contribution is -2.26. The molecule has 0 amide bonds. The van der Waals surface area contributed by atoms with Gasteiger partial charge in [-0.25, -0.2) is 4.39 Å². The molecule has 32 heavy (non-hydrogen) atoms. The van der Waals surface area contributed by atoms with E-state index in [2.05, 4.69) is 0 Å². The molecule has 7 heteroatoms. The molecular formula is C25H26FNO4S. The van der Waals surface area contributed by atoms with Crippen molar-refractivity contribution in [3.8, 4) is 16.2 Å². The number of hydrogen-bond acceptors (Lipinski definition) is 5. The summed E-state index contributed by atoms with van der Waals surface area (Å²) in [5.74, 6) is -0.606. The zero-order chi connectivity index (χ0) is 22.9. The molecule has 1 saturated carbocycles. The van der Waals surface area contributed by atoms with Crippen molar-refractivity contribution in [1.29, 1.82) is 0 Å². The summed E-state index contributed by atoms with van der Waals surface area (Å²) in [7, 11) is 1.48. The standard InChI is InChI=1S/C25H26FNO4S/c1-12(28)16-11-27(14-5-6-14)20-15(21(16)29)10-17(26)19(22(20)31-4)18-9-13-7-8-25(2,3)24(30)23(13)32-18/h9-11,14,24,30H,5-8H2,1-4H3. The summed E-state index contributed by atoms with van der Waals surface area (Å²) in [5.41, 5.74) is 1.20. The Morgan fingerprint density at radius 2 is 2.03 bits per heavy atom. The number of Topliss-reactive ketones (excluding diaryl/α,β-unsaturated/α-hetero) is 1. The summed E-state index contributed by atoms with van der Waals surface area (Å²) < 4.78 is 23.2. The molecule has 1 N–H and O–H groups in total. The summed E-state index contributed by atoms with van der Waals surface area (Å²) in [4.78, 5) is 26.6. The van der Waals surface area contributed by atoms with E-state index in [4.69, 9.17) is 4.74 Å². The number of fused-ring (bicyclic) bond motifs is 2. The number of ether oxygens (including phenoxy) is 1. The van der Waals surface area contributed by atoms with E-state index >= 15 is 4.39 Å². The van der Waals surface area contributed by atoms with Gasteiger partial charge in [0.25, 0.3) is 0 Å². The molecule has 1 unspecified atom stereocenters. The Kier molecular flexibility index (Phi) is 4.84. The van der Waals surface area contributed by atoms with Gasteiger partial charge in [0, 0.05) is 22.0 Å². The first-order valence-electron chi connectivity index (χ1n) is 10.9. The minimum Gasteiger partial charge on any atom is -0.494 e. The molecule has 1 atom stereocenters. The van der Waals surface area contributed by atoms with E-state index in [9.17, 15) is 14.7 Å². The van der Waals surface area contributed by atoms with Crippen LogP contribution in [0.15, 0.2) is 23.1 Å². The lowest BCUT2D eigenvalue weighted by molar-refractivity contribution is 0.0373. The van der Waals surface area contributed by atoms with Crippen LogP contribution in [0.3, 0.4) is 0 Å². The van der Waals surface area contributed by atoms with E-state index in [1.165, 1.54) is 31.4 Å². The van der Waals surface area contributed by atoms with Crippen molar-refractivity contribution in [2.24, 2.45) is 5.41 Å². The second-order valence-corrected chi connectivity index (χ2v) is 10.7. The minimum absolute atomic E-state index is 0.0653. The van der Waals surface area contributed by atoms with E-state index in [1.807, 2.05) is 24.5 Å². The molecule has 5 nitrogen and oxygen atoms in total. The van der Waals surface area contributed by atoms with Gasteiger partial charge in [-0.2, -0.15) is 0 Å². The Bertz CT molecular complexity index is 1330. The van der Waals surface area contributed by atoms with Crippen molar-refractivity contribution in [3.63, 3.8) is 0 Å². The third-order valence-electron chi connectivity index (χ3n) is 6.86. The number of hydrogen-bond donors (Lipinski definition) is 1. The van der Waals surface area contributed by atoms with Crippen molar-refractivity contribution < 1.29 is 19.0 Å². The summed E-state index contributed by atoms with van der Waals surface area (Å²) in [5, 5.41) is 11.0. The van der Waals surface area contributed by atoms with Crippen molar-refractivity contribution in [2.75, 3.05) is 7.11 Å². The maximum Gasteiger partial charge on any atom is 0.200 e. The van der Waals surface area contributed by atoms with Crippen LogP contribution in [0.2, 0.25) is 0 Å². The quantitative estimate of drug-likeness (QED) is 0.534. The Labute approximate surface area is 189 Å². The fourth-order valence-corrected chi connectivity index (χ4v) is 6.17. The Balaban J connectivity index is 1.80. The number of rotatable bonds is 4. The predicted octanol–water partition coefficient (Wildman–Crippen LogP) is 5.42. The third-order valence-corrected chi connectivity index (χ3v) is 8.11. The molecule has 1 fully saturated rings. The van der Waals surface area contributed by atoms with Crippen LogP contribution >= 0.6 is 11.3 Å². The fourth-order valence-electron chi connectivity index (χ4n) is 4.71. The van der Waals surface area contributed by atoms with E-state index < -0.39 is 17.3 Å². The number of methoxy groups -OCH3 is 1. The number of aryl methyl sites for hydroxylation is 1. The molecule has 0 radical (unpaired) electrons. The Morgan fingerprint density at radius 3 is 2.66 bits per heavy atom. The Hall–Kier alpha value is -2.51. The van der Waals surface area contributed by atoms with Gasteiger partial charge in [-0.1, -0.05) is 13.8 Å². The van der Waals surface area contributed by atoms with Gasteiger partial charge in [0.2, 0.25) is 0 Å². The summed E-state index contributed by atoms with van der Waals surface area (Å²) in [6, 6.07) is 3.33. The van der Waals surface area contributed by atoms with Crippen molar-refractivity contribution in [3.05, 3.63) is 50.4 Å². The number of aliphatic hydroxyl groups excluding tert-OH is 1. The molecule has 0 bridgehead atoms. The molecule has 5 rings (SSSR count). The maximum absolute atomic E-state index is 15.6. The smallest absolute Gasteiger partial charge is 0.200 e. The van der Waals surface area contributed by atoms with Gasteiger partial charge in [-0.3, -0.25) is 9.59 Å². The van der Waals surface area contributed by atoms with E-state index in [0.29, 0.717) is 21.7 Å². The molecule has 0 spiro atoms. The number of benzene rings is 1. The Morgan fingerprint density at radius 1 is 1.31 bits per heavy atom. The second kappa shape index (κ2) is 7.25. The number of carbonyl (C=O) groups is 1. The highest BCUT2D eigenvalue weighted by molar-refractivity contribution is 7.15. The highest BCUT2D eigenvalue weighted by Gasteiger charge is 2.37. The number of aliphatic hydroxyl groups is 1. The normalized spacial score (nSPS) is 19.8. The molecule has 2 aliphatic rings. The van der Waals surface area contributed by atoms with Crippen LogP contribution in [0.5, 0.6) is 5.75 Å². The minimum atomic E-state index is -0.609. The first kappa shape index (κ1) is 21.3. The average Bonchev–Trinajstić information content (AvgIpc) is 3.49. The molecule has 2 aliphatic carbocycles. The zero-order valence-electron chi connectivity index (χ0n) is 18.6. The molecule has 3 aromatic rings. The SMILES string of the molecule is COc1c(-c2cc3c(s2)C(O)C(C)(C)CC3)c(F)cc2c(=O)c(C(C)=O)cn(C3CC3)c12. The number of carbonyl (C=O) groups excluding carboxylic acids is 1. The van der Waals surface area contributed by atoms with E-state index in [0.717, 1.165) is 36.1 Å². The molecule has 1 aromatic carbocycles. The van der Waals surface area contributed by atoms with E-state index in [-0.39, 0.29) is 28.2 Å². The van der Waals surface area contributed by atoms with Crippen LogP contribution in [0.4, 0.5) is 4.39 Å². The molecule has 0 saturated heterocycles. The zero-order valence-corrected chi connectivity index (χ0v) is 19.4. The van der Waals surface area contributed by atoms with Gasteiger partial charge < -0.3 is 14.4 Å². The summed E-state index contributed by atoms with van der Waals surface area (Å²) in [6.45, 7) is 5.43. The van der Waals surface area contributed by atoms with Crippen molar-refractivity contribution >= 4 is 28.0 Å². The molecule has 0 aliphatic heterocycles. The molecule has 168 valence electrons. The van der Waals surface area contributed by atoms with Crippen LogP contribution in [-0.2, 0) is 6.42 Å². The van der Waals surface area contributed by atoms with Gasteiger partial charge in [0.1, 0.15) is 5.82 Å². The average molecular weight is 456 g/mol. The first-order chi connectivity index (χ1) is 15.1. The number of thiophene rings is 1. The summed E-state index contributed by atoms with van der Waals surface area (Å²) in [6.07, 6.45) is 4.52. The van der Waals surface area contributed by atoms with Gasteiger partial charge in [0.15, 0.2) is 17.0 Å². The first-order valence-corrected chi connectivity index (χ1v) is 11.7. The number of ketones is 1. The summed E-state index contributed by atoms with van der Waals surface area (Å²) >= 11 is 1.38. The largest absolute Gasteiger partial charge is 0.494 e.